The van der Waals surface area contributed by atoms with Gasteiger partial charge in [0.05, 0.1) is 29.1 Å². The molecule has 3 N–H and O–H groups in total. The number of pyridine rings is 1. The van der Waals surface area contributed by atoms with Crippen molar-refractivity contribution in [2.24, 2.45) is 30.5 Å². The molecule has 1 atom stereocenters. The molecule has 2 amide bonds. The minimum Gasteiger partial charge on any atom is -0.364 e. The average Bonchev–Trinajstić information content (AvgIpc) is 3.55. The summed E-state index contributed by atoms with van der Waals surface area (Å²) in [7, 11) is 1.69. The molecule has 2 saturated carbocycles. The number of hydrogen-bond donors (Lipinski definition) is 2. The van der Waals surface area contributed by atoms with Gasteiger partial charge in [-0.25, -0.2) is 9.67 Å². The van der Waals surface area contributed by atoms with Crippen molar-refractivity contribution in [3.05, 3.63) is 41.2 Å². The van der Waals surface area contributed by atoms with Crippen LogP contribution in [0.4, 0.5) is 10.2 Å². The first-order chi connectivity index (χ1) is 19.8. The number of anilines is 1. The molecule has 41 heavy (non-hydrogen) atoms. The Kier molecular flexibility index (Phi) is 8.79. The number of rotatable bonds is 9. The molecule has 3 aromatic heterocycles. The number of aryl methyl sites for hydroxylation is 3. The number of nitrogens with two attached hydrogens (primary N) is 1. The van der Waals surface area contributed by atoms with Crippen LogP contribution in [0, 0.1) is 30.6 Å². The highest BCUT2D eigenvalue weighted by Gasteiger charge is 2.43. The van der Waals surface area contributed by atoms with Crippen molar-refractivity contribution in [1.82, 2.24) is 29.8 Å². The highest BCUT2D eigenvalue weighted by Crippen LogP contribution is 2.48. The van der Waals surface area contributed by atoms with Gasteiger partial charge in [0.25, 0.3) is 5.91 Å². The number of primary amides is 1. The van der Waals surface area contributed by atoms with Crippen molar-refractivity contribution in [3.8, 4) is 11.3 Å². The predicted octanol–water partition coefficient (Wildman–Crippen LogP) is 5.14. The van der Waals surface area contributed by atoms with Gasteiger partial charge >= 0.3 is 0 Å². The van der Waals surface area contributed by atoms with Crippen LogP contribution in [0.25, 0.3) is 11.3 Å². The molecular formula is C30H41FN8O2. The van der Waals surface area contributed by atoms with E-state index < -0.39 is 17.8 Å². The molecule has 0 spiro atoms. The molecule has 0 unspecified atom stereocenters. The number of halogens is 1. The Morgan fingerprint density at radius 1 is 1.07 bits per heavy atom. The molecule has 0 bridgehead atoms. The standard InChI is InChI=1S/C30H41FN8O2/c1-4-39-27(29(32)40)22(17-33-39)25(24(19-11-7-5-8-12-19)20-13-9-6-10-14-20)30(41)35-23-16-15-21(28(31)34-23)26-18(2)36-37-38(26)3/h15-17,19-20,24-25H,4-14H2,1-3H3,(H2,32,40)(H,34,35,41)/t25-/m0/s1. The fourth-order valence-corrected chi connectivity index (χ4v) is 7.34. The third-order valence-electron chi connectivity index (χ3n) is 9.14. The molecule has 0 saturated heterocycles. The molecule has 2 aliphatic rings. The minimum absolute atomic E-state index is 0.0236. The highest BCUT2D eigenvalue weighted by atomic mass is 19.1. The first-order valence-corrected chi connectivity index (χ1v) is 15.0. The third-order valence-corrected chi connectivity index (χ3v) is 9.14. The first-order valence-electron chi connectivity index (χ1n) is 15.0. The molecule has 2 fully saturated rings. The van der Waals surface area contributed by atoms with E-state index >= 15 is 4.39 Å². The number of carbonyl (C=O) groups excluding carboxylic acids is 2. The Bertz CT molecular complexity index is 1350. The van der Waals surface area contributed by atoms with Crippen LogP contribution in [-0.2, 0) is 18.4 Å². The maximum Gasteiger partial charge on any atom is 0.267 e. The summed E-state index contributed by atoms with van der Waals surface area (Å²) in [5, 5.41) is 15.3. The molecule has 0 aromatic carbocycles. The SMILES string of the molecule is CCn1ncc([C@H](C(=O)Nc2ccc(-c3c(C)nnn3C)c(F)n2)C(C2CCCCC2)C2CCCCC2)c1C(N)=O. The highest BCUT2D eigenvalue weighted by molar-refractivity contribution is 5.99. The van der Waals surface area contributed by atoms with Gasteiger partial charge in [-0.05, 0) is 43.7 Å². The topological polar surface area (TPSA) is 134 Å². The van der Waals surface area contributed by atoms with Gasteiger partial charge in [-0.15, -0.1) is 5.10 Å². The van der Waals surface area contributed by atoms with Crippen LogP contribution in [0.15, 0.2) is 18.3 Å². The molecule has 3 heterocycles. The van der Waals surface area contributed by atoms with Crippen LogP contribution in [0.1, 0.15) is 98.8 Å². The smallest absolute Gasteiger partial charge is 0.267 e. The number of amides is 2. The Morgan fingerprint density at radius 3 is 2.22 bits per heavy atom. The number of nitrogens with one attached hydrogen (secondary N) is 1. The van der Waals surface area contributed by atoms with E-state index in [4.69, 9.17) is 5.73 Å². The van der Waals surface area contributed by atoms with E-state index in [1.54, 1.807) is 37.0 Å². The Balaban J connectivity index is 1.55. The molecule has 11 heteroatoms. The monoisotopic (exact) mass is 564 g/mol. The second-order valence-corrected chi connectivity index (χ2v) is 11.7. The quantitative estimate of drug-likeness (QED) is 0.346. The van der Waals surface area contributed by atoms with Crippen molar-refractivity contribution < 1.29 is 14.0 Å². The Morgan fingerprint density at radius 2 is 1.71 bits per heavy atom. The summed E-state index contributed by atoms with van der Waals surface area (Å²) >= 11 is 0. The van der Waals surface area contributed by atoms with E-state index in [0.29, 0.717) is 35.3 Å². The average molecular weight is 565 g/mol. The summed E-state index contributed by atoms with van der Waals surface area (Å²) in [6, 6.07) is 3.18. The van der Waals surface area contributed by atoms with Gasteiger partial charge in [0, 0.05) is 19.2 Å². The summed E-state index contributed by atoms with van der Waals surface area (Å²) in [6.07, 6.45) is 12.8. The van der Waals surface area contributed by atoms with Crippen molar-refractivity contribution in [3.63, 3.8) is 0 Å². The fourth-order valence-electron chi connectivity index (χ4n) is 7.34. The number of hydrogen-bond acceptors (Lipinski definition) is 6. The van der Waals surface area contributed by atoms with Crippen LogP contribution in [-0.4, -0.2) is 41.6 Å². The molecule has 3 aromatic rings. The fraction of sp³-hybridized carbons (Fsp3) is 0.600. The van der Waals surface area contributed by atoms with Crippen LogP contribution in [0.2, 0.25) is 0 Å². The van der Waals surface area contributed by atoms with Crippen LogP contribution in [0.5, 0.6) is 0 Å². The lowest BCUT2D eigenvalue weighted by Gasteiger charge is -2.41. The minimum atomic E-state index is -0.722. The zero-order valence-corrected chi connectivity index (χ0v) is 24.3. The van der Waals surface area contributed by atoms with Crippen molar-refractivity contribution in [2.45, 2.75) is 90.5 Å². The Labute approximate surface area is 240 Å². The van der Waals surface area contributed by atoms with Crippen molar-refractivity contribution in [2.75, 3.05) is 5.32 Å². The molecule has 10 nitrogen and oxygen atoms in total. The second-order valence-electron chi connectivity index (χ2n) is 11.7. The lowest BCUT2D eigenvalue weighted by Crippen LogP contribution is -2.39. The van der Waals surface area contributed by atoms with Crippen LogP contribution in [0.3, 0.4) is 0 Å². The van der Waals surface area contributed by atoms with Gasteiger partial charge < -0.3 is 11.1 Å². The summed E-state index contributed by atoms with van der Waals surface area (Å²) in [6.45, 7) is 4.11. The van der Waals surface area contributed by atoms with Gasteiger partial charge in [0.1, 0.15) is 11.5 Å². The van der Waals surface area contributed by atoms with E-state index in [2.05, 4.69) is 25.7 Å². The molecule has 0 radical (unpaired) electrons. The summed E-state index contributed by atoms with van der Waals surface area (Å²) in [4.78, 5) is 31.2. The summed E-state index contributed by atoms with van der Waals surface area (Å²) < 4.78 is 18.4. The molecular weight excluding hydrogens is 523 g/mol. The van der Waals surface area contributed by atoms with Crippen LogP contribution < -0.4 is 11.1 Å². The van der Waals surface area contributed by atoms with E-state index in [9.17, 15) is 9.59 Å². The van der Waals surface area contributed by atoms with Crippen molar-refractivity contribution in [1.29, 1.82) is 0 Å². The maximum absolute atomic E-state index is 15.3. The van der Waals surface area contributed by atoms with E-state index in [1.165, 1.54) is 17.5 Å². The number of aromatic nitrogens is 6. The van der Waals surface area contributed by atoms with Gasteiger partial charge in [0.15, 0.2) is 0 Å². The van der Waals surface area contributed by atoms with Gasteiger partial charge in [-0.1, -0.05) is 69.4 Å². The molecule has 5 rings (SSSR count). The number of nitrogens with zero attached hydrogens (tertiary/aromatic N) is 6. The molecule has 220 valence electrons. The van der Waals surface area contributed by atoms with E-state index in [-0.39, 0.29) is 28.9 Å². The van der Waals surface area contributed by atoms with E-state index in [1.807, 2.05) is 6.92 Å². The van der Waals surface area contributed by atoms with Gasteiger partial charge in [-0.3, -0.25) is 14.3 Å². The lowest BCUT2D eigenvalue weighted by molar-refractivity contribution is -0.120. The third kappa shape index (κ3) is 5.90. The van der Waals surface area contributed by atoms with E-state index in [0.717, 1.165) is 51.4 Å². The molecule has 2 aliphatic carbocycles. The lowest BCUT2D eigenvalue weighted by atomic mass is 9.63. The van der Waals surface area contributed by atoms with Crippen LogP contribution >= 0.6 is 0 Å². The molecule has 0 aliphatic heterocycles. The summed E-state index contributed by atoms with van der Waals surface area (Å²) in [5.41, 5.74) is 8.09. The maximum atomic E-state index is 15.3. The Hall–Kier alpha value is -3.63. The van der Waals surface area contributed by atoms with Gasteiger partial charge in [-0.2, -0.15) is 9.49 Å². The van der Waals surface area contributed by atoms with Gasteiger partial charge in [0.2, 0.25) is 11.9 Å². The van der Waals surface area contributed by atoms with Crippen molar-refractivity contribution >= 4 is 17.6 Å². The predicted molar refractivity (Wildman–Crippen MR) is 153 cm³/mol. The summed E-state index contributed by atoms with van der Waals surface area (Å²) in [5.74, 6) is -1.45. The normalized spacial score (nSPS) is 17.6. The first kappa shape index (κ1) is 28.9. The largest absolute Gasteiger partial charge is 0.364 e. The zero-order valence-electron chi connectivity index (χ0n) is 24.3. The second kappa shape index (κ2) is 12.5. The number of carbonyl (C=O) groups is 2. The zero-order chi connectivity index (χ0) is 29.1.